The molecule has 1 atom stereocenters. The molecule has 6 nitrogen and oxygen atoms in total. The number of ether oxygens (including phenoxy) is 1. The van der Waals surface area contributed by atoms with Crippen molar-refractivity contribution in [2.75, 3.05) is 32.1 Å². The standard InChI is InChI=1S/C13H19N3O3/c1-19-11-4-5-13(16(17)18)12(7-11)15-9-10-3-2-6-14-8-10/h4-5,7,10,14-15H,2-3,6,8-9H2,1H3. The van der Waals surface area contributed by atoms with Crippen LogP contribution in [-0.2, 0) is 0 Å². The zero-order chi connectivity index (χ0) is 13.7. The minimum Gasteiger partial charge on any atom is -0.497 e. The Morgan fingerprint density at radius 3 is 3.05 bits per heavy atom. The van der Waals surface area contributed by atoms with Crippen molar-refractivity contribution in [3.05, 3.63) is 28.3 Å². The third kappa shape index (κ3) is 3.57. The Bertz CT molecular complexity index is 445. The van der Waals surface area contributed by atoms with Crippen molar-refractivity contribution in [2.24, 2.45) is 5.92 Å². The molecule has 1 fully saturated rings. The summed E-state index contributed by atoms with van der Waals surface area (Å²) in [6, 6.07) is 4.75. The van der Waals surface area contributed by atoms with E-state index in [1.165, 1.54) is 6.07 Å². The van der Waals surface area contributed by atoms with Crippen molar-refractivity contribution in [1.82, 2.24) is 5.32 Å². The van der Waals surface area contributed by atoms with Gasteiger partial charge in [-0.3, -0.25) is 10.1 Å². The lowest BCUT2D eigenvalue weighted by atomic mass is 9.99. The zero-order valence-electron chi connectivity index (χ0n) is 11.0. The van der Waals surface area contributed by atoms with Gasteiger partial charge in [0.2, 0.25) is 0 Å². The Kier molecular flexibility index (Phi) is 4.57. The molecule has 19 heavy (non-hydrogen) atoms. The number of rotatable bonds is 5. The lowest BCUT2D eigenvalue weighted by Crippen LogP contribution is -2.33. The number of hydrogen-bond acceptors (Lipinski definition) is 5. The first-order valence-electron chi connectivity index (χ1n) is 6.47. The molecule has 6 heteroatoms. The average molecular weight is 265 g/mol. The average Bonchev–Trinajstić information content (AvgIpc) is 2.45. The Balaban J connectivity index is 2.06. The van der Waals surface area contributed by atoms with Crippen molar-refractivity contribution in [2.45, 2.75) is 12.8 Å². The van der Waals surface area contributed by atoms with E-state index in [-0.39, 0.29) is 10.6 Å². The quantitative estimate of drug-likeness (QED) is 0.629. The van der Waals surface area contributed by atoms with Gasteiger partial charge < -0.3 is 15.4 Å². The number of anilines is 1. The van der Waals surface area contributed by atoms with Crippen LogP contribution in [0.3, 0.4) is 0 Å². The fraction of sp³-hybridized carbons (Fsp3) is 0.538. The van der Waals surface area contributed by atoms with Gasteiger partial charge >= 0.3 is 0 Å². The number of benzene rings is 1. The predicted octanol–water partition coefficient (Wildman–Crippen LogP) is 2.01. The topological polar surface area (TPSA) is 76.4 Å². The second-order valence-corrected chi connectivity index (χ2v) is 4.73. The predicted molar refractivity (Wildman–Crippen MR) is 73.7 cm³/mol. The lowest BCUT2D eigenvalue weighted by molar-refractivity contribution is -0.384. The van der Waals surface area contributed by atoms with Gasteiger partial charge in [-0.15, -0.1) is 0 Å². The minimum atomic E-state index is -0.374. The molecule has 0 bridgehead atoms. The van der Waals surface area contributed by atoms with Gasteiger partial charge in [0.05, 0.1) is 12.0 Å². The lowest BCUT2D eigenvalue weighted by Gasteiger charge is -2.23. The van der Waals surface area contributed by atoms with Crippen LogP contribution >= 0.6 is 0 Å². The van der Waals surface area contributed by atoms with Crippen LogP contribution in [0.25, 0.3) is 0 Å². The summed E-state index contributed by atoms with van der Waals surface area (Å²) in [4.78, 5) is 10.6. The van der Waals surface area contributed by atoms with Gasteiger partial charge in [-0.2, -0.15) is 0 Å². The molecule has 1 aromatic rings. The molecule has 0 spiro atoms. The molecule has 1 aromatic carbocycles. The first-order valence-corrected chi connectivity index (χ1v) is 6.47. The summed E-state index contributed by atoms with van der Waals surface area (Å²) in [5.41, 5.74) is 0.611. The number of nitrogens with one attached hydrogen (secondary N) is 2. The van der Waals surface area contributed by atoms with Crippen LogP contribution < -0.4 is 15.4 Å². The van der Waals surface area contributed by atoms with E-state index in [2.05, 4.69) is 10.6 Å². The highest BCUT2D eigenvalue weighted by Crippen LogP contribution is 2.29. The van der Waals surface area contributed by atoms with Crippen LogP contribution in [0.15, 0.2) is 18.2 Å². The molecule has 2 N–H and O–H groups in total. The molecular formula is C13H19N3O3. The number of nitro benzene ring substituents is 1. The molecule has 0 radical (unpaired) electrons. The normalized spacial score (nSPS) is 18.9. The van der Waals surface area contributed by atoms with Crippen molar-refractivity contribution in [3.8, 4) is 5.75 Å². The maximum Gasteiger partial charge on any atom is 0.292 e. The number of nitrogens with zero attached hydrogens (tertiary/aromatic N) is 1. The van der Waals surface area contributed by atoms with E-state index in [1.54, 1.807) is 19.2 Å². The summed E-state index contributed by atoms with van der Waals surface area (Å²) in [6.07, 6.45) is 2.31. The summed E-state index contributed by atoms with van der Waals surface area (Å²) in [7, 11) is 1.55. The maximum atomic E-state index is 11.0. The fourth-order valence-electron chi connectivity index (χ4n) is 2.30. The largest absolute Gasteiger partial charge is 0.497 e. The third-order valence-corrected chi connectivity index (χ3v) is 3.38. The van der Waals surface area contributed by atoms with Crippen LogP contribution in [0, 0.1) is 16.0 Å². The molecular weight excluding hydrogens is 246 g/mol. The number of piperidine rings is 1. The van der Waals surface area contributed by atoms with Crippen molar-refractivity contribution < 1.29 is 9.66 Å². The van der Waals surface area contributed by atoms with E-state index in [1.807, 2.05) is 0 Å². The van der Waals surface area contributed by atoms with Crippen molar-refractivity contribution >= 4 is 11.4 Å². The fourth-order valence-corrected chi connectivity index (χ4v) is 2.30. The van der Waals surface area contributed by atoms with E-state index in [4.69, 9.17) is 4.74 Å². The SMILES string of the molecule is COc1ccc([N+](=O)[O-])c(NCC2CCCNC2)c1. The summed E-state index contributed by atoms with van der Waals surface area (Å²) in [5, 5.41) is 17.5. The van der Waals surface area contributed by atoms with E-state index < -0.39 is 0 Å². The summed E-state index contributed by atoms with van der Waals surface area (Å²) in [6.45, 7) is 2.77. The number of hydrogen-bond donors (Lipinski definition) is 2. The molecule has 0 saturated carbocycles. The molecule has 0 amide bonds. The van der Waals surface area contributed by atoms with Gasteiger partial charge in [-0.05, 0) is 37.9 Å². The van der Waals surface area contributed by atoms with Gasteiger partial charge in [0, 0.05) is 18.7 Å². The van der Waals surface area contributed by atoms with Crippen LogP contribution in [0.2, 0.25) is 0 Å². The molecule has 1 unspecified atom stereocenters. The van der Waals surface area contributed by atoms with Crippen LogP contribution in [0.5, 0.6) is 5.75 Å². The van der Waals surface area contributed by atoms with Gasteiger partial charge in [0.15, 0.2) is 0 Å². The minimum absolute atomic E-state index is 0.0876. The van der Waals surface area contributed by atoms with Crippen molar-refractivity contribution in [3.63, 3.8) is 0 Å². The molecule has 0 aliphatic carbocycles. The molecule has 1 heterocycles. The molecule has 1 saturated heterocycles. The summed E-state index contributed by atoms with van der Waals surface area (Å²) in [5.74, 6) is 1.13. The Hall–Kier alpha value is -1.82. The smallest absolute Gasteiger partial charge is 0.292 e. The molecule has 0 aromatic heterocycles. The first kappa shape index (κ1) is 13.6. The van der Waals surface area contributed by atoms with Crippen LogP contribution in [-0.4, -0.2) is 31.7 Å². The monoisotopic (exact) mass is 265 g/mol. The Morgan fingerprint density at radius 2 is 2.42 bits per heavy atom. The van der Waals surface area contributed by atoms with Gasteiger partial charge in [-0.1, -0.05) is 0 Å². The van der Waals surface area contributed by atoms with Gasteiger partial charge in [0.25, 0.3) is 5.69 Å². The maximum absolute atomic E-state index is 11.0. The second-order valence-electron chi connectivity index (χ2n) is 4.73. The van der Waals surface area contributed by atoms with E-state index in [0.717, 1.165) is 32.5 Å². The Morgan fingerprint density at radius 1 is 1.58 bits per heavy atom. The summed E-state index contributed by atoms with van der Waals surface area (Å²) >= 11 is 0. The van der Waals surface area contributed by atoms with E-state index >= 15 is 0 Å². The highest BCUT2D eigenvalue weighted by molar-refractivity contribution is 5.64. The van der Waals surface area contributed by atoms with Crippen LogP contribution in [0.1, 0.15) is 12.8 Å². The first-order chi connectivity index (χ1) is 9.20. The molecule has 104 valence electrons. The van der Waals surface area contributed by atoms with Gasteiger partial charge in [-0.25, -0.2) is 0 Å². The second kappa shape index (κ2) is 6.38. The molecule has 1 aliphatic heterocycles. The van der Waals surface area contributed by atoms with Gasteiger partial charge in [0.1, 0.15) is 11.4 Å². The number of nitro groups is 1. The highest BCUT2D eigenvalue weighted by atomic mass is 16.6. The third-order valence-electron chi connectivity index (χ3n) is 3.38. The zero-order valence-corrected chi connectivity index (χ0v) is 11.0. The Labute approximate surface area is 112 Å². The van der Waals surface area contributed by atoms with E-state index in [9.17, 15) is 10.1 Å². The van der Waals surface area contributed by atoms with Crippen molar-refractivity contribution in [1.29, 1.82) is 0 Å². The van der Waals surface area contributed by atoms with E-state index in [0.29, 0.717) is 17.4 Å². The number of methoxy groups -OCH3 is 1. The molecule has 2 rings (SSSR count). The summed E-state index contributed by atoms with van der Waals surface area (Å²) < 4.78 is 5.11. The molecule has 1 aliphatic rings. The highest BCUT2D eigenvalue weighted by Gasteiger charge is 2.17. The van der Waals surface area contributed by atoms with Crippen LogP contribution in [0.4, 0.5) is 11.4 Å².